The van der Waals surface area contributed by atoms with Crippen LogP contribution in [0.25, 0.3) is 10.8 Å². The van der Waals surface area contributed by atoms with Crippen LogP contribution in [0.2, 0.25) is 5.02 Å². The molecule has 86 valence electrons. The number of thiophene rings is 1. The molecule has 0 aliphatic carbocycles. The van der Waals surface area contributed by atoms with Crippen LogP contribution in [0.15, 0.2) is 15.9 Å². The van der Waals surface area contributed by atoms with Crippen LogP contribution in [0.3, 0.4) is 0 Å². The molecule has 0 radical (unpaired) electrons. The number of aromatic nitrogens is 2. The summed E-state index contributed by atoms with van der Waals surface area (Å²) in [5.74, 6) is 1.06. The zero-order valence-electron chi connectivity index (χ0n) is 9.03. The second kappa shape index (κ2) is 4.95. The summed E-state index contributed by atoms with van der Waals surface area (Å²) in [5, 5.41) is 13.7. The Kier molecular flexibility index (Phi) is 3.58. The maximum atomic E-state index is 5.98. The first kappa shape index (κ1) is 11.6. The molecular formula is C10H12ClN3OS. The topological polar surface area (TPSA) is 51.0 Å². The molecule has 0 amide bonds. The number of hydrogen-bond acceptors (Lipinski definition) is 5. The Balaban J connectivity index is 2.11. The molecule has 0 saturated carbocycles. The molecule has 16 heavy (non-hydrogen) atoms. The second-order valence-corrected chi connectivity index (χ2v) is 4.96. The number of rotatable bonds is 4. The van der Waals surface area contributed by atoms with Crippen molar-refractivity contribution < 1.29 is 4.42 Å². The molecule has 0 spiro atoms. The van der Waals surface area contributed by atoms with Gasteiger partial charge in [0, 0.05) is 6.04 Å². The molecular weight excluding hydrogens is 246 g/mol. The van der Waals surface area contributed by atoms with Gasteiger partial charge in [-0.25, -0.2) is 0 Å². The van der Waals surface area contributed by atoms with E-state index in [0.717, 1.165) is 4.88 Å². The Labute approximate surface area is 103 Å². The summed E-state index contributed by atoms with van der Waals surface area (Å²) in [4.78, 5) is 0.824. The summed E-state index contributed by atoms with van der Waals surface area (Å²) in [6.07, 6.45) is 0. The Morgan fingerprint density at radius 1 is 1.50 bits per heavy atom. The Morgan fingerprint density at radius 2 is 2.31 bits per heavy atom. The average molecular weight is 258 g/mol. The van der Waals surface area contributed by atoms with Crippen molar-refractivity contribution in [1.29, 1.82) is 0 Å². The molecule has 2 aromatic rings. The quantitative estimate of drug-likeness (QED) is 0.915. The second-order valence-electron chi connectivity index (χ2n) is 3.63. The predicted molar refractivity (Wildman–Crippen MR) is 64.6 cm³/mol. The fraction of sp³-hybridized carbons (Fsp3) is 0.400. The van der Waals surface area contributed by atoms with E-state index in [9.17, 15) is 0 Å². The van der Waals surface area contributed by atoms with Crippen LogP contribution < -0.4 is 5.32 Å². The summed E-state index contributed by atoms with van der Waals surface area (Å²) in [6, 6.07) is 2.21. The van der Waals surface area contributed by atoms with Gasteiger partial charge >= 0.3 is 0 Å². The van der Waals surface area contributed by atoms with E-state index in [1.807, 2.05) is 11.4 Å². The molecule has 2 aromatic heterocycles. The molecule has 0 atom stereocenters. The van der Waals surface area contributed by atoms with Crippen molar-refractivity contribution in [3.8, 4) is 10.8 Å². The van der Waals surface area contributed by atoms with Gasteiger partial charge in [0.05, 0.1) is 11.6 Å². The summed E-state index contributed by atoms with van der Waals surface area (Å²) in [6.45, 7) is 4.70. The van der Waals surface area contributed by atoms with Crippen molar-refractivity contribution in [2.45, 2.75) is 26.4 Å². The monoisotopic (exact) mass is 257 g/mol. The fourth-order valence-corrected chi connectivity index (χ4v) is 2.21. The summed E-state index contributed by atoms with van der Waals surface area (Å²) in [5.41, 5.74) is 0. The van der Waals surface area contributed by atoms with Crippen LogP contribution >= 0.6 is 22.9 Å². The van der Waals surface area contributed by atoms with Crippen molar-refractivity contribution in [2.24, 2.45) is 0 Å². The third-order valence-electron chi connectivity index (χ3n) is 1.94. The van der Waals surface area contributed by atoms with Gasteiger partial charge in [-0.1, -0.05) is 25.4 Å². The number of nitrogens with one attached hydrogen (secondary N) is 1. The van der Waals surface area contributed by atoms with Crippen LogP contribution in [-0.4, -0.2) is 16.2 Å². The van der Waals surface area contributed by atoms with E-state index in [0.29, 0.717) is 29.4 Å². The van der Waals surface area contributed by atoms with E-state index >= 15 is 0 Å². The van der Waals surface area contributed by atoms with E-state index < -0.39 is 0 Å². The van der Waals surface area contributed by atoms with Crippen LogP contribution in [0.4, 0.5) is 0 Å². The lowest BCUT2D eigenvalue weighted by Gasteiger charge is -2.03. The van der Waals surface area contributed by atoms with Crippen LogP contribution in [-0.2, 0) is 6.54 Å². The Morgan fingerprint density at radius 3 is 2.94 bits per heavy atom. The highest BCUT2D eigenvalue weighted by molar-refractivity contribution is 7.14. The maximum absolute atomic E-state index is 5.98. The molecule has 0 aliphatic heterocycles. The number of halogens is 1. The Bertz CT molecular complexity index is 466. The van der Waals surface area contributed by atoms with Gasteiger partial charge in [0.1, 0.15) is 4.88 Å². The summed E-state index contributed by atoms with van der Waals surface area (Å²) in [7, 11) is 0. The highest BCUT2D eigenvalue weighted by atomic mass is 35.5. The number of hydrogen-bond donors (Lipinski definition) is 1. The van der Waals surface area contributed by atoms with E-state index in [1.165, 1.54) is 11.3 Å². The van der Waals surface area contributed by atoms with Crippen molar-refractivity contribution in [1.82, 2.24) is 15.5 Å². The number of nitrogens with zero attached hydrogens (tertiary/aromatic N) is 2. The van der Waals surface area contributed by atoms with Gasteiger partial charge in [-0.2, -0.15) is 0 Å². The van der Waals surface area contributed by atoms with E-state index in [-0.39, 0.29) is 0 Å². The smallest absolute Gasteiger partial charge is 0.259 e. The first-order valence-corrected chi connectivity index (χ1v) is 6.21. The molecule has 0 aliphatic rings. The molecule has 4 nitrogen and oxygen atoms in total. The lowest BCUT2D eigenvalue weighted by Crippen LogP contribution is -2.21. The van der Waals surface area contributed by atoms with Crippen molar-refractivity contribution in [3.63, 3.8) is 0 Å². The van der Waals surface area contributed by atoms with Crippen molar-refractivity contribution in [2.75, 3.05) is 0 Å². The first-order chi connectivity index (χ1) is 7.66. The van der Waals surface area contributed by atoms with Gasteiger partial charge in [0.2, 0.25) is 5.89 Å². The van der Waals surface area contributed by atoms with Crippen molar-refractivity contribution in [3.05, 3.63) is 22.4 Å². The molecule has 2 rings (SSSR count). The SMILES string of the molecule is CC(C)NCc1nnc(-c2sccc2Cl)o1. The zero-order valence-corrected chi connectivity index (χ0v) is 10.6. The van der Waals surface area contributed by atoms with Gasteiger partial charge in [0.25, 0.3) is 5.89 Å². The van der Waals surface area contributed by atoms with Gasteiger partial charge in [-0.3, -0.25) is 0 Å². The summed E-state index contributed by atoms with van der Waals surface area (Å²) < 4.78 is 5.50. The molecule has 2 heterocycles. The molecule has 1 N–H and O–H groups in total. The van der Waals surface area contributed by atoms with Crippen LogP contribution in [0.5, 0.6) is 0 Å². The maximum Gasteiger partial charge on any atom is 0.259 e. The minimum Gasteiger partial charge on any atom is -0.418 e. The van der Waals surface area contributed by atoms with Crippen LogP contribution in [0.1, 0.15) is 19.7 Å². The molecule has 6 heteroatoms. The predicted octanol–water partition coefficient (Wildman–Crippen LogP) is 2.95. The minimum absolute atomic E-state index is 0.390. The van der Waals surface area contributed by atoms with Crippen LogP contribution in [0, 0.1) is 0 Å². The summed E-state index contributed by atoms with van der Waals surface area (Å²) >= 11 is 7.47. The van der Waals surface area contributed by atoms with Gasteiger partial charge in [-0.05, 0) is 11.4 Å². The fourth-order valence-electron chi connectivity index (χ4n) is 1.15. The zero-order chi connectivity index (χ0) is 11.5. The standard InChI is InChI=1S/C10H12ClN3OS/c1-6(2)12-5-8-13-14-10(15-8)9-7(11)3-4-16-9/h3-4,6,12H,5H2,1-2H3. The third-order valence-corrected chi connectivity index (χ3v) is 3.27. The third kappa shape index (κ3) is 2.61. The van der Waals surface area contributed by atoms with E-state index in [2.05, 4.69) is 29.4 Å². The highest BCUT2D eigenvalue weighted by Crippen LogP contribution is 2.31. The average Bonchev–Trinajstić information content (AvgIpc) is 2.83. The molecule has 0 bridgehead atoms. The van der Waals surface area contributed by atoms with Crippen molar-refractivity contribution >= 4 is 22.9 Å². The largest absolute Gasteiger partial charge is 0.418 e. The van der Waals surface area contributed by atoms with Gasteiger partial charge in [0.15, 0.2) is 0 Å². The van der Waals surface area contributed by atoms with Gasteiger partial charge < -0.3 is 9.73 Å². The molecule has 0 aromatic carbocycles. The highest BCUT2D eigenvalue weighted by Gasteiger charge is 2.12. The van der Waals surface area contributed by atoms with E-state index in [4.69, 9.17) is 16.0 Å². The van der Waals surface area contributed by atoms with E-state index in [1.54, 1.807) is 0 Å². The molecule has 0 saturated heterocycles. The lowest BCUT2D eigenvalue weighted by molar-refractivity contribution is 0.459. The molecule has 0 unspecified atom stereocenters. The molecule has 0 fully saturated rings. The lowest BCUT2D eigenvalue weighted by atomic mass is 10.4. The minimum atomic E-state index is 0.390. The normalized spacial score (nSPS) is 11.2. The van der Waals surface area contributed by atoms with Gasteiger partial charge in [-0.15, -0.1) is 21.5 Å². The first-order valence-electron chi connectivity index (χ1n) is 4.96. The Hall–Kier alpha value is -0.910.